The van der Waals surface area contributed by atoms with Crippen molar-refractivity contribution < 1.29 is 50.3 Å². The number of fused-ring (bicyclic) bond motifs is 5. The second-order valence-corrected chi connectivity index (χ2v) is 42.7. The zero-order chi connectivity index (χ0) is 98.9. The Morgan fingerprint density at radius 3 is 0.871 bits per heavy atom. The molecule has 30 nitrogen and oxygen atoms in total. The Morgan fingerprint density at radius 2 is 0.614 bits per heavy atom. The van der Waals surface area contributed by atoms with Gasteiger partial charge in [0.25, 0.3) is 11.8 Å². The number of likely N-dealkylation sites (tertiary alicyclic amines) is 5. The van der Waals surface area contributed by atoms with Crippen LogP contribution in [0.2, 0.25) is 0 Å². The second kappa shape index (κ2) is 39.0. The van der Waals surface area contributed by atoms with Crippen LogP contribution in [0.1, 0.15) is 243 Å². The lowest BCUT2D eigenvalue weighted by atomic mass is 9.66. The van der Waals surface area contributed by atoms with Gasteiger partial charge in [0, 0.05) is 148 Å². The summed E-state index contributed by atoms with van der Waals surface area (Å²) in [6.45, 7) is 37.1. The third-order valence-electron chi connectivity index (χ3n) is 33.2. The van der Waals surface area contributed by atoms with Gasteiger partial charge in [0.2, 0.25) is 29.5 Å². The molecule has 22 rings (SSSR count). The van der Waals surface area contributed by atoms with Crippen LogP contribution in [0.3, 0.4) is 0 Å². The van der Waals surface area contributed by atoms with E-state index in [0.717, 1.165) is 161 Å². The molecule has 0 bridgehead atoms. The predicted octanol–water partition coefficient (Wildman–Crippen LogP) is 18.3. The maximum absolute atomic E-state index is 14.0. The summed E-state index contributed by atoms with van der Waals surface area (Å²) in [5, 5.41) is 22.4. The van der Waals surface area contributed by atoms with Crippen LogP contribution in [0, 0.1) is 22.7 Å². The average molecular weight is 1930 g/mol. The Bertz CT molecular complexity index is 6030. The van der Waals surface area contributed by atoms with E-state index in [-0.39, 0.29) is 132 Å². The normalized spacial score (nSPS) is 30.3. The molecule has 36 heteroatoms. The van der Waals surface area contributed by atoms with E-state index in [4.69, 9.17) is 0 Å². The van der Waals surface area contributed by atoms with E-state index in [1.54, 1.807) is 20.2 Å². The van der Waals surface area contributed by atoms with Gasteiger partial charge in [-0.1, -0.05) is 46.2 Å². The van der Waals surface area contributed by atoms with Crippen molar-refractivity contribution in [1.82, 2.24) is 99.3 Å². The predicted molar refractivity (Wildman–Crippen MR) is 531 cm³/mol. The molecule has 140 heavy (non-hydrogen) atoms. The fourth-order valence-corrected chi connectivity index (χ4v) is 23.6. The molecule has 5 amide bonds. The topological polar surface area (TPSA) is 370 Å². The molecule has 2 spiro atoms. The number of carbonyl (C=O) groups is 5. The van der Waals surface area contributed by atoms with Gasteiger partial charge in [0.05, 0.1) is 26.9 Å². The number of alkyl halides is 6. The Balaban J connectivity index is 0.000000116. The third kappa shape index (κ3) is 19.9. The second-order valence-electron chi connectivity index (χ2n) is 42.7. The number of nitrogens with one attached hydrogen (secondary N) is 10. The molecule has 0 aromatic carbocycles. The van der Waals surface area contributed by atoms with Crippen molar-refractivity contribution in [2.45, 2.75) is 317 Å². The highest BCUT2D eigenvalue weighted by atomic mass is 19.3. The highest BCUT2D eigenvalue weighted by Crippen LogP contribution is 2.73. The molecule has 10 aromatic rings. The lowest BCUT2D eigenvalue weighted by Crippen LogP contribution is -2.49. The molecule has 18 atom stereocenters. The molecule has 12 aliphatic rings. The maximum Gasteiger partial charge on any atom is 0.254 e. The number of carbonyl (C=O) groups excluding carboxylic acids is 5. The quantitative estimate of drug-likeness (QED) is 0.0222. The van der Waals surface area contributed by atoms with Crippen molar-refractivity contribution in [1.29, 1.82) is 0 Å². The molecular formula is C104H133F6N25O5. The molecule has 10 N–H and O–H groups in total. The first-order valence-corrected chi connectivity index (χ1v) is 50.2. The number of hydrogen-bond acceptors (Lipinski definition) is 20. The lowest BCUT2D eigenvalue weighted by Gasteiger charge is -2.39. The first kappa shape index (κ1) is 97.9. The highest BCUT2D eigenvalue weighted by molar-refractivity contribution is 5.96. The highest BCUT2D eigenvalue weighted by Gasteiger charge is 2.73. The Kier molecular flexibility index (Phi) is 27.3. The average Bonchev–Trinajstić information content (AvgIpc) is 1.54. The first-order valence-electron chi connectivity index (χ1n) is 50.2. The number of aromatic amines is 5. The number of hydrogen-bond donors (Lipinski definition) is 10. The Hall–Kier alpha value is -12.3. The van der Waals surface area contributed by atoms with Crippen molar-refractivity contribution in [2.24, 2.45) is 22.7 Å². The molecule has 12 fully saturated rings. The van der Waals surface area contributed by atoms with E-state index >= 15 is 0 Å². The molecule has 0 radical (unpaired) electrons. The van der Waals surface area contributed by atoms with E-state index in [1.807, 2.05) is 63.1 Å². The summed E-state index contributed by atoms with van der Waals surface area (Å²) >= 11 is 0. The zero-order valence-electron chi connectivity index (χ0n) is 81.5. The van der Waals surface area contributed by atoms with Crippen LogP contribution in [0.4, 0.5) is 55.4 Å². The molecule has 5 saturated heterocycles. The largest absolute Gasteiger partial charge is 0.365 e. The molecule has 15 heterocycles. The number of amides is 5. The number of H-pyrrole nitrogens is 5. The summed E-state index contributed by atoms with van der Waals surface area (Å²) in [6.07, 6.45) is 43.7. The number of anilines is 5. The summed E-state index contributed by atoms with van der Waals surface area (Å²) in [4.78, 5) is 130. The van der Waals surface area contributed by atoms with E-state index in [1.165, 1.54) is 80.5 Å². The molecule has 7 saturated carbocycles. The number of piperidine rings is 5. The Labute approximate surface area is 811 Å². The van der Waals surface area contributed by atoms with Gasteiger partial charge < -0.3 is 76.0 Å². The number of aromatic nitrogens is 15. The molecule has 2 unspecified atom stereocenters. The van der Waals surface area contributed by atoms with Crippen LogP contribution in [0.5, 0.6) is 0 Å². The van der Waals surface area contributed by atoms with Gasteiger partial charge in [-0.25, -0.2) is 76.2 Å². The van der Waals surface area contributed by atoms with Crippen molar-refractivity contribution in [2.75, 3.05) is 59.3 Å². The minimum Gasteiger partial charge on any atom is -0.365 e. The number of rotatable bonds is 22. The summed E-state index contributed by atoms with van der Waals surface area (Å²) in [6, 6.07) is 1.55. The summed E-state index contributed by atoms with van der Waals surface area (Å²) < 4.78 is 83.6. The van der Waals surface area contributed by atoms with Gasteiger partial charge >= 0.3 is 0 Å². The zero-order valence-corrected chi connectivity index (χ0v) is 81.5. The molecular weight excluding hydrogens is 1790 g/mol. The summed E-state index contributed by atoms with van der Waals surface area (Å²) in [7, 11) is 0. The van der Waals surface area contributed by atoms with E-state index < -0.39 is 34.0 Å². The van der Waals surface area contributed by atoms with Gasteiger partial charge in [0.1, 0.15) is 100 Å². The van der Waals surface area contributed by atoms with Gasteiger partial charge in [-0.2, -0.15) is 0 Å². The minimum atomic E-state index is -2.51. The van der Waals surface area contributed by atoms with Crippen LogP contribution in [0.15, 0.2) is 126 Å². The van der Waals surface area contributed by atoms with Gasteiger partial charge in [-0.05, 0) is 277 Å². The van der Waals surface area contributed by atoms with Crippen molar-refractivity contribution >= 4 is 114 Å². The molecule has 746 valence electrons. The lowest BCUT2D eigenvalue weighted by molar-refractivity contribution is -0.130. The van der Waals surface area contributed by atoms with Crippen molar-refractivity contribution in [3.8, 4) is 0 Å². The fourth-order valence-electron chi connectivity index (χ4n) is 23.6. The van der Waals surface area contributed by atoms with Crippen LogP contribution < -0.4 is 26.6 Å². The van der Waals surface area contributed by atoms with Crippen molar-refractivity contribution in [3.63, 3.8) is 0 Å². The van der Waals surface area contributed by atoms with Crippen LogP contribution in [0.25, 0.3) is 55.2 Å². The molecule has 5 aliphatic heterocycles. The maximum atomic E-state index is 14.0. The van der Waals surface area contributed by atoms with Gasteiger partial charge in [-0.15, -0.1) is 0 Å². The number of halogens is 6. The molecule has 10 aromatic heterocycles. The van der Waals surface area contributed by atoms with E-state index in [0.29, 0.717) is 107 Å². The van der Waals surface area contributed by atoms with Gasteiger partial charge in [0.15, 0.2) is 0 Å². The monoisotopic (exact) mass is 1930 g/mol. The smallest absolute Gasteiger partial charge is 0.254 e. The van der Waals surface area contributed by atoms with Gasteiger partial charge in [-0.3, -0.25) is 24.0 Å². The third-order valence-corrected chi connectivity index (χ3v) is 33.2. The minimum absolute atomic E-state index is 0.00106. The van der Waals surface area contributed by atoms with E-state index in [2.05, 4.69) is 168 Å². The van der Waals surface area contributed by atoms with Crippen LogP contribution >= 0.6 is 0 Å². The summed E-state index contributed by atoms with van der Waals surface area (Å²) in [5.41, 5.74) is 5.78. The SMILES string of the molecule is C=CC(=O)N1C[C@H](Nc2ncnc3[nH]cc(C4(C)CCC4)c23)CC[C@@H]1C.C=CC(=O)N1C[C@H](Nc2ncnc3[nH]cc(C[C@@H]4CC4(C)F)c23)CC[C@@H]1C.C=CC(=O)N1C[C@H](Nc2ncnc3[nH]cc(C[C@H]4CC4(C)F)c23)CC[C@@H]1C.C=CC(=O)N1C[C@H](Nc2ncnc3[nH]cc([C@@H]4CC[C@@]5(C4)CC5(F)F)c23)CC[C@@H]1C.C=CC(=O)N1C[C@H](Nc2ncnc3[nH]cc([C@@H]4CC[C@]5(C4)CC5(F)F)c23)CC[C@@H]1C. The number of nitrogens with zero attached hydrogens (tertiary/aromatic N) is 15. The first-order chi connectivity index (χ1) is 67.0. The van der Waals surface area contributed by atoms with Crippen molar-refractivity contribution in [3.05, 3.63) is 154 Å². The standard InChI is InChI=1S/2C22H27F2N5O.2C20H26FN5O.C20H27N5O/c2*1-3-17(30)29-10-15(5-4-13(29)2)28-20-18-16(9-25-19(18)26-12-27-20)14-6-7-21(8-14)11-22(21,23)24;2*1-4-16(27)26-10-15(6-5-12(26)2)25-19-17-13(7-14-8-20(14,3)21)9-22-18(17)23-11-24-19;1-4-16(26)25-11-14(7-6-13(25)2)24-19-17-15(20(3)8-5-9-20)10-21-18(17)22-12-23-19/h2*3,9,12-15H,1,4-8,10-11H2,2H3,(H2,25,26,27,28);2*4,9,11-12,14-15H,1,5-8,10H2,2-3H3,(H2,22,23,24,25);4,10,12-14H,1,5-9,11H2,2-3H3,(H2,21,22,23,24)/t13-,14+,15+,21+;13-,14+,15+,21-;12-,14+,15+,20?;12-,14-,15+,20?;13-,14+/m00000/s1. The van der Waals surface area contributed by atoms with E-state index in [9.17, 15) is 50.3 Å². The Morgan fingerprint density at radius 1 is 0.357 bits per heavy atom. The summed E-state index contributed by atoms with van der Waals surface area (Å²) in [5.74, 6) is -1.13. The van der Waals surface area contributed by atoms with Crippen LogP contribution in [-0.4, -0.2) is 245 Å². The fraction of sp³-hybridized carbons (Fsp3) is 0.567. The molecule has 7 aliphatic carbocycles. The van der Waals surface area contributed by atoms with Crippen LogP contribution in [-0.2, 0) is 42.2 Å².